The first-order valence-corrected chi connectivity index (χ1v) is 6.50. The number of hydrogen-bond acceptors (Lipinski definition) is 4. The third-order valence-electron chi connectivity index (χ3n) is 3.65. The SMILES string of the molecule is CCCCN(CCO)C(=O)C1(C(N)=NO)CCC1. The van der Waals surface area contributed by atoms with E-state index in [0.29, 0.717) is 25.9 Å². The van der Waals surface area contributed by atoms with E-state index >= 15 is 0 Å². The van der Waals surface area contributed by atoms with Crippen molar-refractivity contribution in [2.45, 2.75) is 39.0 Å². The molecule has 1 rings (SSSR count). The number of amidine groups is 1. The second kappa shape index (κ2) is 6.58. The van der Waals surface area contributed by atoms with Gasteiger partial charge in [0.1, 0.15) is 5.41 Å². The maximum atomic E-state index is 12.5. The van der Waals surface area contributed by atoms with Crippen molar-refractivity contribution in [2.75, 3.05) is 19.7 Å². The molecule has 0 atom stereocenters. The summed E-state index contributed by atoms with van der Waals surface area (Å²) in [5, 5.41) is 20.9. The zero-order valence-electron chi connectivity index (χ0n) is 10.9. The molecule has 1 amide bonds. The van der Waals surface area contributed by atoms with Crippen LogP contribution in [0.5, 0.6) is 0 Å². The first-order valence-electron chi connectivity index (χ1n) is 6.50. The molecule has 6 heteroatoms. The highest BCUT2D eigenvalue weighted by Gasteiger charge is 2.50. The van der Waals surface area contributed by atoms with Gasteiger partial charge in [0, 0.05) is 13.1 Å². The van der Waals surface area contributed by atoms with Gasteiger partial charge in [-0.05, 0) is 19.3 Å². The Morgan fingerprint density at radius 1 is 1.44 bits per heavy atom. The van der Waals surface area contributed by atoms with Crippen LogP contribution in [-0.2, 0) is 4.79 Å². The largest absolute Gasteiger partial charge is 0.409 e. The molecule has 0 saturated heterocycles. The number of carbonyl (C=O) groups excluding carboxylic acids is 1. The molecule has 0 radical (unpaired) electrons. The van der Waals surface area contributed by atoms with Crippen molar-refractivity contribution < 1.29 is 15.1 Å². The lowest BCUT2D eigenvalue weighted by molar-refractivity contribution is -0.142. The van der Waals surface area contributed by atoms with E-state index in [1.165, 1.54) is 0 Å². The van der Waals surface area contributed by atoms with E-state index in [9.17, 15) is 4.79 Å². The second-order valence-corrected chi connectivity index (χ2v) is 4.79. The number of aliphatic hydroxyl groups excluding tert-OH is 1. The van der Waals surface area contributed by atoms with Crippen molar-refractivity contribution in [3.63, 3.8) is 0 Å². The van der Waals surface area contributed by atoms with Crippen LogP contribution in [0.3, 0.4) is 0 Å². The molecule has 0 heterocycles. The van der Waals surface area contributed by atoms with E-state index in [1.54, 1.807) is 4.90 Å². The molecule has 104 valence electrons. The minimum absolute atomic E-state index is 0.00168. The lowest BCUT2D eigenvalue weighted by Crippen LogP contribution is -2.55. The van der Waals surface area contributed by atoms with Gasteiger partial charge in [0.05, 0.1) is 6.61 Å². The standard InChI is InChI=1S/C12H23N3O3/c1-2-3-7-15(8-9-16)11(17)12(5-4-6-12)10(13)14-18/h16,18H,2-9H2,1H3,(H2,13,14). The number of hydrogen-bond donors (Lipinski definition) is 3. The maximum absolute atomic E-state index is 12.5. The molecule has 0 aromatic carbocycles. The minimum atomic E-state index is -0.836. The zero-order chi connectivity index (χ0) is 13.6. The molecular formula is C12H23N3O3. The lowest BCUT2D eigenvalue weighted by atomic mass is 9.66. The Labute approximate surface area is 107 Å². The van der Waals surface area contributed by atoms with Crippen LogP contribution in [0.1, 0.15) is 39.0 Å². The third-order valence-corrected chi connectivity index (χ3v) is 3.65. The highest BCUT2D eigenvalue weighted by molar-refractivity contribution is 6.07. The number of aliphatic hydroxyl groups is 1. The Balaban J connectivity index is 2.79. The monoisotopic (exact) mass is 257 g/mol. The molecule has 1 aliphatic carbocycles. The van der Waals surface area contributed by atoms with E-state index in [1.807, 2.05) is 6.92 Å². The smallest absolute Gasteiger partial charge is 0.236 e. The molecule has 1 saturated carbocycles. The molecule has 4 N–H and O–H groups in total. The van der Waals surface area contributed by atoms with Crippen molar-refractivity contribution in [2.24, 2.45) is 16.3 Å². The zero-order valence-corrected chi connectivity index (χ0v) is 10.9. The number of nitrogens with two attached hydrogens (primary N) is 1. The Bertz CT molecular complexity index is 314. The summed E-state index contributed by atoms with van der Waals surface area (Å²) in [5.41, 5.74) is 4.83. The summed E-state index contributed by atoms with van der Waals surface area (Å²) < 4.78 is 0. The number of oxime groups is 1. The maximum Gasteiger partial charge on any atom is 0.236 e. The van der Waals surface area contributed by atoms with Crippen LogP contribution in [0.4, 0.5) is 0 Å². The van der Waals surface area contributed by atoms with Crippen LogP contribution < -0.4 is 5.73 Å². The fourth-order valence-electron chi connectivity index (χ4n) is 2.29. The number of amides is 1. The summed E-state index contributed by atoms with van der Waals surface area (Å²) in [6.45, 7) is 2.89. The molecular weight excluding hydrogens is 234 g/mol. The third kappa shape index (κ3) is 2.75. The number of nitrogens with zero attached hydrogens (tertiary/aromatic N) is 2. The summed E-state index contributed by atoms with van der Waals surface area (Å²) in [4.78, 5) is 14.1. The summed E-state index contributed by atoms with van der Waals surface area (Å²) >= 11 is 0. The Morgan fingerprint density at radius 2 is 2.11 bits per heavy atom. The van der Waals surface area contributed by atoms with Crippen LogP contribution in [0, 0.1) is 5.41 Å². The van der Waals surface area contributed by atoms with Crippen LogP contribution >= 0.6 is 0 Å². The molecule has 0 aromatic rings. The van der Waals surface area contributed by atoms with E-state index in [0.717, 1.165) is 19.3 Å². The van der Waals surface area contributed by atoms with Crippen LogP contribution in [0.25, 0.3) is 0 Å². The van der Waals surface area contributed by atoms with Gasteiger partial charge in [-0.2, -0.15) is 0 Å². The van der Waals surface area contributed by atoms with Crippen molar-refractivity contribution in [3.05, 3.63) is 0 Å². The molecule has 1 fully saturated rings. The van der Waals surface area contributed by atoms with Crippen molar-refractivity contribution >= 4 is 11.7 Å². The molecule has 0 spiro atoms. The molecule has 0 bridgehead atoms. The highest BCUT2D eigenvalue weighted by atomic mass is 16.4. The lowest BCUT2D eigenvalue weighted by Gasteiger charge is -2.42. The fraction of sp³-hybridized carbons (Fsp3) is 0.833. The predicted octanol–water partition coefficient (Wildman–Crippen LogP) is 0.524. The first-order chi connectivity index (χ1) is 8.62. The quantitative estimate of drug-likeness (QED) is 0.268. The van der Waals surface area contributed by atoms with Gasteiger partial charge in [-0.1, -0.05) is 24.9 Å². The minimum Gasteiger partial charge on any atom is -0.409 e. The molecule has 1 aliphatic rings. The van der Waals surface area contributed by atoms with Gasteiger partial charge in [-0.3, -0.25) is 4.79 Å². The van der Waals surface area contributed by atoms with Crippen LogP contribution in [0.2, 0.25) is 0 Å². The molecule has 0 aliphatic heterocycles. The molecule has 0 aromatic heterocycles. The summed E-state index contributed by atoms with van der Waals surface area (Å²) in [6.07, 6.45) is 4.01. The van der Waals surface area contributed by atoms with Gasteiger partial charge in [-0.25, -0.2) is 0 Å². The average molecular weight is 257 g/mol. The summed E-state index contributed by atoms with van der Waals surface area (Å²) in [7, 11) is 0. The van der Waals surface area contributed by atoms with Crippen LogP contribution in [0.15, 0.2) is 5.16 Å². The van der Waals surface area contributed by atoms with Gasteiger partial charge in [0.2, 0.25) is 5.91 Å². The Morgan fingerprint density at radius 3 is 2.50 bits per heavy atom. The van der Waals surface area contributed by atoms with Gasteiger partial charge in [0.15, 0.2) is 5.84 Å². The van der Waals surface area contributed by atoms with E-state index in [4.69, 9.17) is 16.0 Å². The highest BCUT2D eigenvalue weighted by Crippen LogP contribution is 2.42. The fourth-order valence-corrected chi connectivity index (χ4v) is 2.29. The van der Waals surface area contributed by atoms with Crippen molar-refractivity contribution in [1.29, 1.82) is 0 Å². The number of unbranched alkanes of at least 4 members (excludes halogenated alkanes) is 1. The van der Waals surface area contributed by atoms with E-state index < -0.39 is 5.41 Å². The first kappa shape index (κ1) is 14.8. The normalized spacial score (nSPS) is 18.2. The summed E-state index contributed by atoms with van der Waals surface area (Å²) in [6, 6.07) is 0. The predicted molar refractivity (Wildman–Crippen MR) is 68.3 cm³/mol. The Hall–Kier alpha value is -1.30. The average Bonchev–Trinajstić information content (AvgIpc) is 2.32. The second-order valence-electron chi connectivity index (χ2n) is 4.79. The topological polar surface area (TPSA) is 99.2 Å². The number of carbonyl (C=O) groups is 1. The van der Waals surface area contributed by atoms with Gasteiger partial charge >= 0.3 is 0 Å². The van der Waals surface area contributed by atoms with E-state index in [2.05, 4.69) is 5.16 Å². The summed E-state index contributed by atoms with van der Waals surface area (Å²) in [5.74, 6) is -0.121. The molecule has 0 unspecified atom stereocenters. The van der Waals surface area contributed by atoms with Gasteiger partial charge < -0.3 is 20.9 Å². The van der Waals surface area contributed by atoms with Gasteiger partial charge in [-0.15, -0.1) is 0 Å². The van der Waals surface area contributed by atoms with Crippen molar-refractivity contribution in [3.8, 4) is 0 Å². The number of rotatable bonds is 7. The molecule has 18 heavy (non-hydrogen) atoms. The van der Waals surface area contributed by atoms with Gasteiger partial charge in [0.25, 0.3) is 0 Å². The molecule has 6 nitrogen and oxygen atoms in total. The van der Waals surface area contributed by atoms with Crippen molar-refractivity contribution in [1.82, 2.24) is 4.90 Å². The van der Waals surface area contributed by atoms with E-state index in [-0.39, 0.29) is 18.3 Å². The van der Waals surface area contributed by atoms with Crippen LogP contribution in [-0.4, -0.2) is 46.7 Å². The Kier molecular flexibility index (Phi) is 5.40.